The van der Waals surface area contributed by atoms with Crippen molar-refractivity contribution in [3.05, 3.63) is 90.0 Å². The quantitative estimate of drug-likeness (QED) is 0.215. The second kappa shape index (κ2) is 15.8. The van der Waals surface area contributed by atoms with Gasteiger partial charge in [0.15, 0.2) is 5.11 Å². The third-order valence-electron chi connectivity index (χ3n) is 8.28. The van der Waals surface area contributed by atoms with Crippen molar-refractivity contribution in [1.82, 2.24) is 14.7 Å². The largest absolute Gasteiger partial charge is 0.494 e. The zero-order chi connectivity index (χ0) is 32.5. The minimum absolute atomic E-state index is 0.0661. The Morgan fingerprint density at radius 2 is 1.57 bits per heavy atom. The van der Waals surface area contributed by atoms with Gasteiger partial charge in [-0.05, 0) is 86.2 Å². The monoisotopic (exact) mass is 643 g/mol. The van der Waals surface area contributed by atoms with Crippen molar-refractivity contribution in [1.29, 1.82) is 0 Å². The number of rotatable bonds is 13. The van der Waals surface area contributed by atoms with Gasteiger partial charge in [-0.2, -0.15) is 0 Å². The first kappa shape index (κ1) is 33.1. The Labute approximate surface area is 275 Å². The van der Waals surface area contributed by atoms with Gasteiger partial charge in [0.25, 0.3) is 5.91 Å². The Morgan fingerprint density at radius 3 is 2.22 bits per heavy atom. The molecule has 1 atom stereocenters. The van der Waals surface area contributed by atoms with Crippen molar-refractivity contribution in [2.45, 2.75) is 32.4 Å². The highest BCUT2D eigenvalue weighted by molar-refractivity contribution is 7.80. The van der Waals surface area contributed by atoms with Gasteiger partial charge in [-0.15, -0.1) is 0 Å². The van der Waals surface area contributed by atoms with Crippen molar-refractivity contribution in [2.75, 3.05) is 63.2 Å². The van der Waals surface area contributed by atoms with E-state index >= 15 is 0 Å². The first-order valence-corrected chi connectivity index (χ1v) is 16.1. The van der Waals surface area contributed by atoms with Gasteiger partial charge in [0.2, 0.25) is 5.91 Å². The van der Waals surface area contributed by atoms with E-state index in [1.54, 1.807) is 24.3 Å². The van der Waals surface area contributed by atoms with E-state index in [1.165, 1.54) is 17.6 Å². The lowest BCUT2D eigenvalue weighted by Crippen LogP contribution is -2.47. The molecule has 2 fully saturated rings. The first-order chi connectivity index (χ1) is 22.4. The minimum Gasteiger partial charge on any atom is -0.494 e. The molecule has 11 heteroatoms. The number of hydrogen-bond acceptors (Lipinski definition) is 8. The van der Waals surface area contributed by atoms with E-state index in [1.807, 2.05) is 42.2 Å². The number of benzene rings is 3. The number of methoxy groups -OCH3 is 1. The summed E-state index contributed by atoms with van der Waals surface area (Å²) in [4.78, 5) is 47.2. The molecule has 0 spiro atoms. The standard InChI is InChI=1S/C35H41N5O5S/c1-3-45-30-16-14-29(15-17-30)40-33(42)31(24-32(41)36-28-12-10-27(11-13-28)34(43)44-2)39(35(40)46)19-7-18-37-20-22-38(23-21-37)25-26-8-5-4-6-9-26/h4-6,8-17,31H,3,7,18-25H2,1-2H3,(H,36,41). The Balaban J connectivity index is 1.21. The predicted octanol–water partition coefficient (Wildman–Crippen LogP) is 4.41. The van der Waals surface area contributed by atoms with Crippen LogP contribution in [0.3, 0.4) is 0 Å². The summed E-state index contributed by atoms with van der Waals surface area (Å²) in [5, 5.41) is 3.24. The van der Waals surface area contributed by atoms with Crippen molar-refractivity contribution in [2.24, 2.45) is 0 Å². The molecule has 242 valence electrons. The molecule has 1 unspecified atom stereocenters. The number of esters is 1. The van der Waals surface area contributed by atoms with E-state index < -0.39 is 12.0 Å². The Morgan fingerprint density at radius 1 is 0.891 bits per heavy atom. The van der Waals surface area contributed by atoms with Crippen LogP contribution in [-0.2, 0) is 20.9 Å². The van der Waals surface area contributed by atoms with E-state index in [2.05, 4.69) is 39.4 Å². The van der Waals surface area contributed by atoms with Crippen molar-refractivity contribution in [3.8, 4) is 5.75 Å². The molecule has 0 aliphatic carbocycles. The predicted molar refractivity (Wildman–Crippen MR) is 182 cm³/mol. The average Bonchev–Trinajstić information content (AvgIpc) is 3.30. The number of ether oxygens (including phenoxy) is 2. The number of hydrogen-bond donors (Lipinski definition) is 1. The van der Waals surface area contributed by atoms with Crippen LogP contribution in [0.4, 0.5) is 11.4 Å². The smallest absolute Gasteiger partial charge is 0.337 e. The highest BCUT2D eigenvalue weighted by atomic mass is 32.1. The molecule has 1 N–H and O–H groups in total. The van der Waals surface area contributed by atoms with Gasteiger partial charge in [0, 0.05) is 45.0 Å². The molecular weight excluding hydrogens is 602 g/mol. The molecule has 2 aliphatic heterocycles. The summed E-state index contributed by atoms with van der Waals surface area (Å²) in [6, 6.07) is 23.5. The molecule has 3 aromatic carbocycles. The molecule has 0 aromatic heterocycles. The molecule has 0 bridgehead atoms. The minimum atomic E-state index is -0.740. The number of carbonyl (C=O) groups is 3. The normalized spacial score (nSPS) is 17.3. The topological polar surface area (TPSA) is 94.7 Å². The van der Waals surface area contributed by atoms with E-state index in [4.69, 9.17) is 21.7 Å². The van der Waals surface area contributed by atoms with Crippen LogP contribution >= 0.6 is 12.2 Å². The second-order valence-corrected chi connectivity index (χ2v) is 11.7. The fraction of sp³-hybridized carbons (Fsp3) is 0.371. The molecule has 5 rings (SSSR count). The van der Waals surface area contributed by atoms with Gasteiger partial charge in [-0.1, -0.05) is 30.3 Å². The Kier molecular flexibility index (Phi) is 11.4. The molecule has 3 aromatic rings. The summed E-state index contributed by atoms with van der Waals surface area (Å²) in [5.41, 5.74) is 2.87. The lowest BCUT2D eigenvalue weighted by atomic mass is 10.1. The fourth-order valence-corrected chi connectivity index (χ4v) is 6.27. The van der Waals surface area contributed by atoms with Crippen molar-refractivity contribution >= 4 is 46.5 Å². The third-order valence-corrected chi connectivity index (χ3v) is 8.70. The van der Waals surface area contributed by atoms with Crippen LogP contribution in [0, 0.1) is 0 Å². The molecule has 2 amide bonds. The van der Waals surface area contributed by atoms with Gasteiger partial charge in [-0.3, -0.25) is 19.4 Å². The lowest BCUT2D eigenvalue weighted by molar-refractivity contribution is -0.124. The van der Waals surface area contributed by atoms with Gasteiger partial charge in [0.05, 0.1) is 31.4 Å². The molecule has 46 heavy (non-hydrogen) atoms. The molecule has 2 saturated heterocycles. The lowest BCUT2D eigenvalue weighted by Gasteiger charge is -2.35. The van der Waals surface area contributed by atoms with Gasteiger partial charge < -0.3 is 24.6 Å². The summed E-state index contributed by atoms with van der Waals surface area (Å²) in [5.74, 6) is -0.305. The van der Waals surface area contributed by atoms with Crippen molar-refractivity contribution < 1.29 is 23.9 Å². The highest BCUT2D eigenvalue weighted by Crippen LogP contribution is 2.29. The summed E-state index contributed by atoms with van der Waals surface area (Å²) < 4.78 is 10.3. The average molecular weight is 644 g/mol. The number of amides is 2. The number of piperazine rings is 1. The van der Waals surface area contributed by atoms with Crippen LogP contribution in [0.5, 0.6) is 5.75 Å². The molecule has 0 saturated carbocycles. The number of thiocarbonyl (C=S) groups is 1. The van der Waals surface area contributed by atoms with Crippen LogP contribution in [0.15, 0.2) is 78.9 Å². The van der Waals surface area contributed by atoms with Gasteiger partial charge in [-0.25, -0.2) is 4.79 Å². The number of nitrogens with zero attached hydrogens (tertiary/aromatic N) is 4. The van der Waals surface area contributed by atoms with Crippen LogP contribution in [0.2, 0.25) is 0 Å². The van der Waals surface area contributed by atoms with E-state index in [0.717, 1.165) is 45.7 Å². The summed E-state index contributed by atoms with van der Waals surface area (Å²) in [6.45, 7) is 8.81. The maximum absolute atomic E-state index is 13.8. The number of carbonyl (C=O) groups excluding carboxylic acids is 3. The third kappa shape index (κ3) is 8.28. The second-order valence-electron chi connectivity index (χ2n) is 11.4. The van der Waals surface area contributed by atoms with Crippen molar-refractivity contribution in [3.63, 3.8) is 0 Å². The summed E-state index contributed by atoms with van der Waals surface area (Å²) >= 11 is 5.87. The van der Waals surface area contributed by atoms with Crippen LogP contribution < -0.4 is 15.0 Å². The Hall–Kier alpha value is -4.32. The maximum atomic E-state index is 13.8. The highest BCUT2D eigenvalue weighted by Gasteiger charge is 2.44. The molecular formula is C35H41N5O5S. The van der Waals surface area contributed by atoms with E-state index in [-0.39, 0.29) is 18.2 Å². The maximum Gasteiger partial charge on any atom is 0.337 e. The zero-order valence-corrected chi connectivity index (χ0v) is 27.2. The van der Waals surface area contributed by atoms with Gasteiger partial charge in [0.1, 0.15) is 11.8 Å². The van der Waals surface area contributed by atoms with Crippen LogP contribution in [-0.4, -0.2) is 96.6 Å². The SMILES string of the molecule is CCOc1ccc(N2C(=O)C(CC(=O)Nc3ccc(C(=O)OC)cc3)N(CCCN3CCN(Cc4ccccc4)CC3)C2=S)cc1. The van der Waals surface area contributed by atoms with E-state index in [9.17, 15) is 14.4 Å². The zero-order valence-electron chi connectivity index (χ0n) is 26.4. The fourth-order valence-electron chi connectivity index (χ4n) is 5.86. The number of nitrogens with one attached hydrogen (secondary N) is 1. The molecule has 2 heterocycles. The summed E-state index contributed by atoms with van der Waals surface area (Å²) in [7, 11) is 1.32. The van der Waals surface area contributed by atoms with Crippen LogP contribution in [0.25, 0.3) is 0 Å². The van der Waals surface area contributed by atoms with Gasteiger partial charge >= 0.3 is 5.97 Å². The van der Waals surface area contributed by atoms with Crippen LogP contribution in [0.1, 0.15) is 35.7 Å². The molecule has 10 nitrogen and oxygen atoms in total. The molecule has 2 aliphatic rings. The van der Waals surface area contributed by atoms with E-state index in [0.29, 0.717) is 41.0 Å². The molecule has 0 radical (unpaired) electrons. The summed E-state index contributed by atoms with van der Waals surface area (Å²) in [6.07, 6.45) is 0.736. The number of anilines is 2. The Bertz CT molecular complexity index is 1490. The first-order valence-electron chi connectivity index (χ1n) is 15.7.